The fourth-order valence-corrected chi connectivity index (χ4v) is 2.67. The van der Waals surface area contributed by atoms with Gasteiger partial charge >= 0.3 is 0 Å². The van der Waals surface area contributed by atoms with Crippen molar-refractivity contribution in [2.45, 2.75) is 38.5 Å². The van der Waals surface area contributed by atoms with E-state index in [1.165, 1.54) is 31.3 Å². The van der Waals surface area contributed by atoms with Crippen molar-refractivity contribution in [1.82, 2.24) is 0 Å². The zero-order valence-corrected chi connectivity index (χ0v) is 14.2. The average molecular weight is 315 g/mol. The molecule has 122 valence electrons. The number of rotatable bonds is 4. The molecule has 0 spiro atoms. The highest BCUT2D eigenvalue weighted by atomic mass is 14.6. The maximum absolute atomic E-state index is 5.80. The second-order valence-corrected chi connectivity index (χ2v) is 5.99. The van der Waals surface area contributed by atoms with Crippen LogP contribution in [0, 0.1) is 30.1 Å². The summed E-state index contributed by atoms with van der Waals surface area (Å²) in [5, 5.41) is 0. The molecule has 24 heavy (non-hydrogen) atoms. The zero-order valence-electron chi connectivity index (χ0n) is 14.2. The van der Waals surface area contributed by atoms with Gasteiger partial charge in [0.1, 0.15) is 0 Å². The van der Waals surface area contributed by atoms with Gasteiger partial charge in [-0.2, -0.15) is 0 Å². The molecule has 0 radical (unpaired) electrons. The lowest BCUT2D eigenvalue weighted by Gasteiger charge is -2.08. The van der Waals surface area contributed by atoms with Gasteiger partial charge in [-0.3, -0.25) is 0 Å². The summed E-state index contributed by atoms with van der Waals surface area (Å²) in [5.41, 5.74) is 9.02. The molecule has 1 atom stereocenters. The van der Waals surface area contributed by atoms with E-state index in [0.29, 0.717) is 6.42 Å². The molecule has 2 aliphatic carbocycles. The molecule has 0 aromatic carbocycles. The second-order valence-electron chi connectivity index (χ2n) is 5.99. The molecule has 2 rings (SSSR count). The highest BCUT2D eigenvalue weighted by Crippen LogP contribution is 2.18. The van der Waals surface area contributed by atoms with E-state index in [4.69, 9.17) is 12.2 Å². The van der Waals surface area contributed by atoms with Crippen molar-refractivity contribution >= 4 is 0 Å². The summed E-state index contributed by atoms with van der Waals surface area (Å²) < 4.78 is 0. The van der Waals surface area contributed by atoms with Crippen LogP contribution in [0.5, 0.6) is 0 Å². The van der Waals surface area contributed by atoms with E-state index in [2.05, 4.69) is 48.1 Å². The minimum Gasteiger partial charge on any atom is -0.401 e. The molecule has 0 aromatic heterocycles. The maximum Gasteiger partial charge on any atom is 0.0642 e. The van der Waals surface area contributed by atoms with E-state index in [1.807, 2.05) is 18.2 Å². The molecular weight excluding hydrogens is 290 g/mol. The van der Waals surface area contributed by atoms with Crippen LogP contribution in [-0.4, -0.2) is 0 Å². The van der Waals surface area contributed by atoms with E-state index in [1.54, 1.807) is 6.08 Å². The summed E-state index contributed by atoms with van der Waals surface area (Å²) in [6.07, 6.45) is 30.8. The molecule has 0 aliphatic heterocycles. The fraction of sp³-hybridized carbons (Fsp3) is 0.304. The van der Waals surface area contributed by atoms with Gasteiger partial charge < -0.3 is 5.73 Å². The molecule has 0 heterocycles. The molecule has 1 heteroatoms. The Morgan fingerprint density at radius 2 is 2.25 bits per heavy atom. The van der Waals surface area contributed by atoms with Crippen molar-refractivity contribution in [3.8, 4) is 24.2 Å². The smallest absolute Gasteiger partial charge is 0.0642 e. The van der Waals surface area contributed by atoms with Gasteiger partial charge in [0.15, 0.2) is 0 Å². The van der Waals surface area contributed by atoms with E-state index < -0.39 is 0 Å². The predicted molar refractivity (Wildman–Crippen MR) is 104 cm³/mol. The Kier molecular flexibility index (Phi) is 7.52. The van der Waals surface area contributed by atoms with E-state index in [0.717, 1.165) is 17.7 Å². The highest BCUT2D eigenvalue weighted by Gasteiger charge is 2.06. The van der Waals surface area contributed by atoms with Crippen LogP contribution in [0.2, 0.25) is 0 Å². The second kappa shape index (κ2) is 10.2. The first-order valence-corrected chi connectivity index (χ1v) is 8.59. The van der Waals surface area contributed by atoms with Crippen LogP contribution >= 0.6 is 0 Å². The Labute approximate surface area is 146 Å². The van der Waals surface area contributed by atoms with Crippen molar-refractivity contribution in [3.05, 3.63) is 71.5 Å². The summed E-state index contributed by atoms with van der Waals surface area (Å²) in [5.74, 6) is 9.01. The van der Waals surface area contributed by atoms with Crippen molar-refractivity contribution in [3.63, 3.8) is 0 Å². The Hall–Kier alpha value is -2.64. The van der Waals surface area contributed by atoms with Crippen molar-refractivity contribution < 1.29 is 0 Å². The monoisotopic (exact) mass is 315 g/mol. The topological polar surface area (TPSA) is 26.0 Å². The SMILES string of the molecule is C#C/C=C(\C=C/CC1=CCCCCC=C1)C1C#CC/C(N)=C\C=C1. The van der Waals surface area contributed by atoms with Crippen LogP contribution < -0.4 is 5.73 Å². The molecular formula is C23H25N. The lowest BCUT2D eigenvalue weighted by molar-refractivity contribution is 0.753. The first-order chi connectivity index (χ1) is 11.8. The Morgan fingerprint density at radius 1 is 1.38 bits per heavy atom. The third-order valence-corrected chi connectivity index (χ3v) is 4.00. The molecule has 1 unspecified atom stereocenters. The van der Waals surface area contributed by atoms with Crippen LogP contribution in [-0.2, 0) is 0 Å². The quantitative estimate of drug-likeness (QED) is 0.575. The largest absolute Gasteiger partial charge is 0.401 e. The number of hydrogen-bond donors (Lipinski definition) is 1. The van der Waals surface area contributed by atoms with Crippen molar-refractivity contribution in [2.75, 3.05) is 0 Å². The molecule has 0 aromatic rings. The minimum absolute atomic E-state index is 0.0171. The summed E-state index contributed by atoms with van der Waals surface area (Å²) >= 11 is 0. The molecule has 0 saturated carbocycles. The normalized spacial score (nSPS) is 23.6. The first-order valence-electron chi connectivity index (χ1n) is 8.59. The number of hydrogen-bond acceptors (Lipinski definition) is 1. The molecule has 0 amide bonds. The molecule has 2 N–H and O–H groups in total. The van der Waals surface area contributed by atoms with Crippen molar-refractivity contribution in [1.29, 1.82) is 0 Å². The maximum atomic E-state index is 5.80. The molecule has 2 aliphatic rings. The van der Waals surface area contributed by atoms with Gasteiger partial charge in [-0.15, -0.1) is 6.42 Å². The molecule has 0 fully saturated rings. The van der Waals surface area contributed by atoms with E-state index >= 15 is 0 Å². The van der Waals surface area contributed by atoms with Gasteiger partial charge in [0.2, 0.25) is 0 Å². The van der Waals surface area contributed by atoms with E-state index in [9.17, 15) is 0 Å². The van der Waals surface area contributed by atoms with Crippen LogP contribution in [0.4, 0.5) is 0 Å². The van der Waals surface area contributed by atoms with Gasteiger partial charge in [-0.05, 0) is 55.4 Å². The summed E-state index contributed by atoms with van der Waals surface area (Å²) in [6.45, 7) is 0. The molecule has 0 saturated heterocycles. The summed E-state index contributed by atoms with van der Waals surface area (Å²) in [6, 6.07) is 0. The third kappa shape index (κ3) is 6.23. The zero-order chi connectivity index (χ0) is 17.0. The Morgan fingerprint density at radius 3 is 3.12 bits per heavy atom. The highest BCUT2D eigenvalue weighted by molar-refractivity contribution is 5.40. The van der Waals surface area contributed by atoms with Crippen LogP contribution in [0.15, 0.2) is 71.5 Å². The Bertz CT molecular complexity index is 705. The number of nitrogens with two attached hydrogens (primary N) is 1. The Balaban J connectivity index is 2.07. The fourth-order valence-electron chi connectivity index (χ4n) is 2.67. The van der Waals surface area contributed by atoms with Gasteiger partial charge in [-0.1, -0.05) is 60.3 Å². The molecule has 1 nitrogen and oxygen atoms in total. The van der Waals surface area contributed by atoms with Crippen molar-refractivity contribution in [2.24, 2.45) is 11.7 Å². The summed E-state index contributed by atoms with van der Waals surface area (Å²) in [7, 11) is 0. The van der Waals surface area contributed by atoms with Gasteiger partial charge in [0.05, 0.1) is 5.92 Å². The van der Waals surface area contributed by atoms with Gasteiger partial charge in [0, 0.05) is 12.1 Å². The molecule has 0 bridgehead atoms. The number of allylic oxidation sites excluding steroid dienone is 12. The van der Waals surface area contributed by atoms with Gasteiger partial charge in [-0.25, -0.2) is 0 Å². The van der Waals surface area contributed by atoms with Crippen LogP contribution in [0.3, 0.4) is 0 Å². The van der Waals surface area contributed by atoms with E-state index in [-0.39, 0.29) is 5.92 Å². The van der Waals surface area contributed by atoms with Crippen LogP contribution in [0.1, 0.15) is 38.5 Å². The minimum atomic E-state index is 0.0171. The predicted octanol–water partition coefficient (Wildman–Crippen LogP) is 4.97. The standard InChI is InChI=1S/C23H25N/c1-2-11-21(22-16-9-18-23(24)19-10-17-22)15-8-14-20-12-6-4-3-5-7-13-20/h1,6,8-9,11-13,15-16,18,22H,3-5,7,14,19,24H2/b12-6?,15-8-,16-9?,20-13?,21-11+,23-18+. The van der Waals surface area contributed by atoms with Crippen LogP contribution in [0.25, 0.3) is 0 Å². The lowest BCUT2D eigenvalue weighted by Crippen LogP contribution is -2.00. The average Bonchev–Trinajstić information content (AvgIpc) is 2.52. The third-order valence-electron chi connectivity index (χ3n) is 4.00. The summed E-state index contributed by atoms with van der Waals surface area (Å²) in [4.78, 5) is 0. The number of terminal acetylenes is 1. The van der Waals surface area contributed by atoms with Gasteiger partial charge in [0.25, 0.3) is 0 Å². The first kappa shape index (κ1) is 17.7. The lowest BCUT2D eigenvalue weighted by atomic mass is 9.95.